The van der Waals surface area contributed by atoms with E-state index in [1.165, 1.54) is 0 Å². The lowest BCUT2D eigenvalue weighted by atomic mass is 10.2. The van der Waals surface area contributed by atoms with E-state index in [0.717, 1.165) is 33.5 Å². The van der Waals surface area contributed by atoms with Gasteiger partial charge in [0.2, 0.25) is 0 Å². The fraction of sp³-hybridized carbons (Fsp3) is 0.214. The maximum Gasteiger partial charge on any atom is 0.145 e. The van der Waals surface area contributed by atoms with Crippen molar-refractivity contribution < 1.29 is 4.74 Å². The van der Waals surface area contributed by atoms with Gasteiger partial charge < -0.3 is 10.5 Å². The molecule has 0 spiro atoms. The number of pyridine rings is 1. The van der Waals surface area contributed by atoms with Crippen LogP contribution in [-0.4, -0.2) is 11.5 Å². The van der Waals surface area contributed by atoms with Crippen LogP contribution >= 0.6 is 15.9 Å². The highest BCUT2D eigenvalue weighted by molar-refractivity contribution is 9.10. The fourth-order valence-electron chi connectivity index (χ4n) is 1.68. The molecule has 0 radical (unpaired) electrons. The van der Waals surface area contributed by atoms with E-state index in [1.807, 2.05) is 37.4 Å². The summed E-state index contributed by atoms with van der Waals surface area (Å²) in [4.78, 5) is 4.16. The van der Waals surface area contributed by atoms with Crippen molar-refractivity contribution in [3.05, 3.63) is 52.3 Å². The van der Waals surface area contributed by atoms with Gasteiger partial charge in [-0.15, -0.1) is 0 Å². The summed E-state index contributed by atoms with van der Waals surface area (Å²) in [6, 6.07) is 7.89. The molecule has 0 atom stereocenters. The van der Waals surface area contributed by atoms with E-state index in [4.69, 9.17) is 10.5 Å². The van der Waals surface area contributed by atoms with Crippen LogP contribution in [-0.2, 0) is 6.42 Å². The molecule has 0 bridgehead atoms. The minimum Gasteiger partial charge on any atom is -0.455 e. The molecule has 0 amide bonds. The lowest BCUT2D eigenvalue weighted by Gasteiger charge is -2.09. The molecule has 1 aromatic carbocycles. The molecule has 1 aromatic heterocycles. The molecular formula is C14H15BrN2O. The molecule has 1 heterocycles. The minimum atomic E-state index is 0.614. The van der Waals surface area contributed by atoms with Gasteiger partial charge in [0.1, 0.15) is 11.5 Å². The van der Waals surface area contributed by atoms with Gasteiger partial charge in [0.05, 0.1) is 6.20 Å². The first-order valence-corrected chi connectivity index (χ1v) is 6.56. The Morgan fingerprint density at radius 1 is 1.28 bits per heavy atom. The summed E-state index contributed by atoms with van der Waals surface area (Å²) in [6.45, 7) is 2.62. The Kier molecular flexibility index (Phi) is 4.33. The average molecular weight is 307 g/mol. The van der Waals surface area contributed by atoms with Gasteiger partial charge in [-0.25, -0.2) is 0 Å². The third-order valence-corrected chi connectivity index (χ3v) is 3.06. The largest absolute Gasteiger partial charge is 0.455 e. The van der Waals surface area contributed by atoms with Crippen LogP contribution in [0.2, 0.25) is 0 Å². The SMILES string of the molecule is Cc1cc(Br)ccc1Oc1cncc(CCN)c1. The number of hydrogen-bond donors (Lipinski definition) is 1. The van der Waals surface area contributed by atoms with E-state index in [1.54, 1.807) is 6.20 Å². The third-order valence-electron chi connectivity index (χ3n) is 2.57. The van der Waals surface area contributed by atoms with Crippen molar-refractivity contribution in [3.63, 3.8) is 0 Å². The van der Waals surface area contributed by atoms with Crippen LogP contribution in [0.15, 0.2) is 41.1 Å². The maximum atomic E-state index is 5.83. The minimum absolute atomic E-state index is 0.614. The molecule has 2 rings (SSSR count). The number of aryl methyl sites for hydroxylation is 1. The van der Waals surface area contributed by atoms with Gasteiger partial charge in [-0.1, -0.05) is 15.9 Å². The molecule has 0 aliphatic carbocycles. The monoisotopic (exact) mass is 306 g/mol. The first kappa shape index (κ1) is 13.1. The van der Waals surface area contributed by atoms with E-state index in [0.29, 0.717) is 6.54 Å². The van der Waals surface area contributed by atoms with Crippen molar-refractivity contribution in [1.29, 1.82) is 0 Å². The van der Waals surface area contributed by atoms with Crippen LogP contribution in [0.1, 0.15) is 11.1 Å². The van der Waals surface area contributed by atoms with Crippen molar-refractivity contribution >= 4 is 15.9 Å². The highest BCUT2D eigenvalue weighted by atomic mass is 79.9. The molecule has 0 aliphatic rings. The van der Waals surface area contributed by atoms with Gasteiger partial charge >= 0.3 is 0 Å². The number of aromatic nitrogens is 1. The Morgan fingerprint density at radius 3 is 2.83 bits per heavy atom. The smallest absolute Gasteiger partial charge is 0.145 e. The zero-order valence-corrected chi connectivity index (χ0v) is 11.8. The Hall–Kier alpha value is -1.39. The quantitative estimate of drug-likeness (QED) is 0.941. The van der Waals surface area contributed by atoms with Gasteiger partial charge in [0, 0.05) is 10.7 Å². The van der Waals surface area contributed by atoms with Crippen molar-refractivity contribution in [2.24, 2.45) is 5.73 Å². The zero-order chi connectivity index (χ0) is 13.0. The molecule has 0 saturated carbocycles. The Labute approximate surface area is 115 Å². The van der Waals surface area contributed by atoms with Crippen LogP contribution in [0.5, 0.6) is 11.5 Å². The van der Waals surface area contributed by atoms with Crippen molar-refractivity contribution in [2.45, 2.75) is 13.3 Å². The van der Waals surface area contributed by atoms with Gasteiger partial charge in [-0.3, -0.25) is 4.98 Å². The molecule has 94 valence electrons. The fourth-order valence-corrected chi connectivity index (χ4v) is 2.15. The summed E-state index contributed by atoms with van der Waals surface area (Å²) < 4.78 is 6.87. The number of rotatable bonds is 4. The molecule has 18 heavy (non-hydrogen) atoms. The second-order valence-corrected chi connectivity index (χ2v) is 5.00. The molecule has 0 saturated heterocycles. The summed E-state index contributed by atoms with van der Waals surface area (Å²) in [6.07, 6.45) is 4.33. The summed E-state index contributed by atoms with van der Waals surface area (Å²) in [5, 5.41) is 0. The van der Waals surface area contributed by atoms with Crippen LogP contribution in [0, 0.1) is 6.92 Å². The summed E-state index contributed by atoms with van der Waals surface area (Å²) in [5.74, 6) is 1.58. The van der Waals surface area contributed by atoms with E-state index in [9.17, 15) is 0 Å². The lowest BCUT2D eigenvalue weighted by molar-refractivity contribution is 0.475. The highest BCUT2D eigenvalue weighted by Gasteiger charge is 2.03. The molecule has 4 heteroatoms. The Bertz CT molecular complexity index is 543. The Balaban J connectivity index is 2.20. The highest BCUT2D eigenvalue weighted by Crippen LogP contribution is 2.27. The summed E-state index contributed by atoms with van der Waals surface area (Å²) in [5.41, 5.74) is 7.70. The maximum absolute atomic E-state index is 5.83. The summed E-state index contributed by atoms with van der Waals surface area (Å²) >= 11 is 3.43. The van der Waals surface area contributed by atoms with E-state index >= 15 is 0 Å². The van der Waals surface area contributed by atoms with E-state index < -0.39 is 0 Å². The van der Waals surface area contributed by atoms with Gasteiger partial charge in [0.25, 0.3) is 0 Å². The Morgan fingerprint density at radius 2 is 2.11 bits per heavy atom. The topological polar surface area (TPSA) is 48.1 Å². The standard InChI is InChI=1S/C14H15BrN2O/c1-10-6-12(15)2-3-14(10)18-13-7-11(4-5-16)8-17-9-13/h2-3,6-9H,4-5,16H2,1H3. The molecule has 0 unspecified atom stereocenters. The average Bonchev–Trinajstić information content (AvgIpc) is 2.34. The number of halogens is 1. The number of hydrogen-bond acceptors (Lipinski definition) is 3. The van der Waals surface area contributed by atoms with Gasteiger partial charge in [-0.05, 0) is 55.3 Å². The number of benzene rings is 1. The molecule has 2 N–H and O–H groups in total. The number of nitrogens with zero attached hydrogens (tertiary/aromatic N) is 1. The van der Waals surface area contributed by atoms with Crippen molar-refractivity contribution in [2.75, 3.05) is 6.54 Å². The zero-order valence-electron chi connectivity index (χ0n) is 10.2. The van der Waals surface area contributed by atoms with E-state index in [2.05, 4.69) is 20.9 Å². The van der Waals surface area contributed by atoms with Crippen LogP contribution < -0.4 is 10.5 Å². The molecule has 3 nitrogen and oxygen atoms in total. The molecule has 0 aliphatic heterocycles. The van der Waals surface area contributed by atoms with E-state index in [-0.39, 0.29) is 0 Å². The second kappa shape index (κ2) is 5.98. The summed E-state index contributed by atoms with van der Waals surface area (Å²) in [7, 11) is 0. The predicted octanol–water partition coefficient (Wildman–Crippen LogP) is 3.45. The third kappa shape index (κ3) is 3.31. The van der Waals surface area contributed by atoms with Crippen LogP contribution in [0.4, 0.5) is 0 Å². The van der Waals surface area contributed by atoms with Crippen molar-refractivity contribution in [1.82, 2.24) is 4.98 Å². The number of ether oxygens (including phenoxy) is 1. The van der Waals surface area contributed by atoms with Crippen molar-refractivity contribution in [3.8, 4) is 11.5 Å². The molecule has 2 aromatic rings. The normalized spacial score (nSPS) is 10.4. The lowest BCUT2D eigenvalue weighted by Crippen LogP contribution is -2.03. The van der Waals surface area contributed by atoms with Crippen LogP contribution in [0.25, 0.3) is 0 Å². The first-order chi connectivity index (χ1) is 8.69. The van der Waals surface area contributed by atoms with Crippen LogP contribution in [0.3, 0.4) is 0 Å². The predicted molar refractivity (Wildman–Crippen MR) is 75.9 cm³/mol. The first-order valence-electron chi connectivity index (χ1n) is 5.77. The molecule has 0 fully saturated rings. The second-order valence-electron chi connectivity index (χ2n) is 4.08. The van der Waals surface area contributed by atoms with Gasteiger partial charge in [-0.2, -0.15) is 0 Å². The number of nitrogens with two attached hydrogens (primary N) is 1. The van der Waals surface area contributed by atoms with Gasteiger partial charge in [0.15, 0.2) is 0 Å². The molecular weight excluding hydrogens is 292 g/mol.